The predicted octanol–water partition coefficient (Wildman–Crippen LogP) is 1.50. The fourth-order valence-corrected chi connectivity index (χ4v) is 2.36. The SMILES string of the molecule is Cn1ncc(Cl)c1C(N)C1CCCOC1. The minimum atomic E-state index is -0.0784. The van der Waals surface area contributed by atoms with Crippen molar-refractivity contribution < 1.29 is 4.74 Å². The molecule has 1 aromatic rings. The van der Waals surface area contributed by atoms with Crippen LogP contribution < -0.4 is 5.73 Å². The summed E-state index contributed by atoms with van der Waals surface area (Å²) >= 11 is 6.06. The molecular weight excluding hydrogens is 214 g/mol. The monoisotopic (exact) mass is 229 g/mol. The molecule has 0 amide bonds. The van der Waals surface area contributed by atoms with Crippen LogP contribution in [0.5, 0.6) is 0 Å². The fourth-order valence-electron chi connectivity index (χ4n) is 2.07. The molecule has 2 rings (SSSR count). The van der Waals surface area contributed by atoms with Crippen molar-refractivity contribution in [3.05, 3.63) is 16.9 Å². The predicted molar refractivity (Wildman–Crippen MR) is 58.7 cm³/mol. The Morgan fingerprint density at radius 3 is 3.07 bits per heavy atom. The van der Waals surface area contributed by atoms with Gasteiger partial charge in [0.1, 0.15) is 0 Å². The second-order valence-corrected chi connectivity index (χ2v) is 4.41. The van der Waals surface area contributed by atoms with Crippen molar-refractivity contribution in [2.24, 2.45) is 18.7 Å². The quantitative estimate of drug-likeness (QED) is 0.836. The van der Waals surface area contributed by atoms with Crippen molar-refractivity contribution in [2.45, 2.75) is 18.9 Å². The van der Waals surface area contributed by atoms with Crippen molar-refractivity contribution in [1.82, 2.24) is 9.78 Å². The summed E-state index contributed by atoms with van der Waals surface area (Å²) in [5.41, 5.74) is 7.10. The highest BCUT2D eigenvalue weighted by molar-refractivity contribution is 6.31. The zero-order valence-corrected chi connectivity index (χ0v) is 9.57. The Morgan fingerprint density at radius 2 is 2.53 bits per heavy atom. The first-order valence-electron chi connectivity index (χ1n) is 5.21. The van der Waals surface area contributed by atoms with Crippen LogP contribution in [0.15, 0.2) is 6.20 Å². The van der Waals surface area contributed by atoms with Gasteiger partial charge in [0.15, 0.2) is 0 Å². The van der Waals surface area contributed by atoms with Gasteiger partial charge in [-0.25, -0.2) is 0 Å². The molecule has 0 spiro atoms. The Hall–Kier alpha value is -0.580. The van der Waals surface area contributed by atoms with Gasteiger partial charge in [-0.1, -0.05) is 11.6 Å². The van der Waals surface area contributed by atoms with Gasteiger partial charge in [-0.3, -0.25) is 4.68 Å². The molecule has 5 heteroatoms. The highest BCUT2D eigenvalue weighted by atomic mass is 35.5. The first-order valence-corrected chi connectivity index (χ1v) is 5.58. The van der Waals surface area contributed by atoms with Gasteiger partial charge in [0.25, 0.3) is 0 Å². The van der Waals surface area contributed by atoms with Crippen molar-refractivity contribution in [3.8, 4) is 0 Å². The van der Waals surface area contributed by atoms with E-state index < -0.39 is 0 Å². The number of hydrogen-bond acceptors (Lipinski definition) is 3. The molecule has 1 aromatic heterocycles. The number of ether oxygens (including phenoxy) is 1. The standard InChI is InChI=1S/C10H16ClN3O/c1-14-10(8(11)5-13-14)9(12)7-3-2-4-15-6-7/h5,7,9H,2-4,6,12H2,1H3. The highest BCUT2D eigenvalue weighted by Gasteiger charge is 2.26. The minimum Gasteiger partial charge on any atom is -0.381 e. The van der Waals surface area contributed by atoms with Crippen molar-refractivity contribution in [2.75, 3.05) is 13.2 Å². The van der Waals surface area contributed by atoms with Crippen LogP contribution in [-0.4, -0.2) is 23.0 Å². The molecule has 0 aromatic carbocycles. The van der Waals surface area contributed by atoms with Gasteiger partial charge in [0.2, 0.25) is 0 Å². The van der Waals surface area contributed by atoms with Crippen LogP contribution in [-0.2, 0) is 11.8 Å². The largest absolute Gasteiger partial charge is 0.381 e. The van der Waals surface area contributed by atoms with Gasteiger partial charge in [-0.05, 0) is 12.8 Å². The van der Waals surface area contributed by atoms with E-state index in [-0.39, 0.29) is 6.04 Å². The highest BCUT2D eigenvalue weighted by Crippen LogP contribution is 2.30. The van der Waals surface area contributed by atoms with Gasteiger partial charge < -0.3 is 10.5 Å². The number of nitrogens with two attached hydrogens (primary N) is 1. The van der Waals surface area contributed by atoms with Crippen LogP contribution >= 0.6 is 11.6 Å². The molecule has 2 N–H and O–H groups in total. The first kappa shape index (κ1) is 10.9. The molecule has 84 valence electrons. The number of aromatic nitrogens is 2. The number of aryl methyl sites for hydroxylation is 1. The Balaban J connectivity index is 2.15. The Bertz CT molecular complexity index is 314. The summed E-state index contributed by atoms with van der Waals surface area (Å²) < 4.78 is 7.18. The molecule has 0 saturated carbocycles. The Labute approximate surface area is 94.3 Å². The molecule has 15 heavy (non-hydrogen) atoms. The van der Waals surface area contributed by atoms with E-state index in [1.54, 1.807) is 10.9 Å². The Kier molecular flexibility index (Phi) is 3.29. The van der Waals surface area contributed by atoms with Gasteiger partial charge in [0, 0.05) is 19.6 Å². The van der Waals surface area contributed by atoms with E-state index in [0.717, 1.165) is 31.7 Å². The topological polar surface area (TPSA) is 53.1 Å². The molecule has 1 fully saturated rings. The summed E-state index contributed by atoms with van der Waals surface area (Å²) in [5, 5.41) is 4.74. The maximum Gasteiger partial charge on any atom is 0.0834 e. The summed E-state index contributed by atoms with van der Waals surface area (Å²) in [5.74, 6) is 0.353. The maximum atomic E-state index is 6.19. The zero-order valence-electron chi connectivity index (χ0n) is 8.82. The van der Waals surface area contributed by atoms with Crippen LogP contribution in [0.25, 0.3) is 0 Å². The lowest BCUT2D eigenvalue weighted by atomic mass is 9.92. The van der Waals surface area contributed by atoms with E-state index in [1.807, 2.05) is 7.05 Å². The van der Waals surface area contributed by atoms with Crippen LogP contribution in [0.3, 0.4) is 0 Å². The van der Waals surface area contributed by atoms with E-state index in [2.05, 4.69) is 5.10 Å². The first-order chi connectivity index (χ1) is 7.20. The molecule has 0 radical (unpaired) electrons. The molecule has 1 aliphatic heterocycles. The maximum absolute atomic E-state index is 6.19. The summed E-state index contributed by atoms with van der Waals surface area (Å²) in [7, 11) is 1.87. The Morgan fingerprint density at radius 1 is 1.73 bits per heavy atom. The van der Waals surface area contributed by atoms with Crippen LogP contribution in [0, 0.1) is 5.92 Å². The number of rotatable bonds is 2. The lowest BCUT2D eigenvalue weighted by molar-refractivity contribution is 0.0438. The molecule has 1 saturated heterocycles. The third kappa shape index (κ3) is 2.17. The third-order valence-electron chi connectivity index (χ3n) is 2.96. The second-order valence-electron chi connectivity index (χ2n) is 4.00. The molecule has 1 aliphatic rings. The second kappa shape index (κ2) is 4.51. The molecular formula is C10H16ClN3O. The molecule has 0 aliphatic carbocycles. The smallest absolute Gasteiger partial charge is 0.0834 e. The molecule has 0 bridgehead atoms. The van der Waals surface area contributed by atoms with Gasteiger partial charge in [0.05, 0.1) is 29.6 Å². The zero-order chi connectivity index (χ0) is 10.8. The fraction of sp³-hybridized carbons (Fsp3) is 0.700. The van der Waals surface area contributed by atoms with Crippen LogP contribution in [0.1, 0.15) is 24.6 Å². The molecule has 4 nitrogen and oxygen atoms in total. The number of hydrogen-bond donors (Lipinski definition) is 1. The van der Waals surface area contributed by atoms with Crippen molar-refractivity contribution in [3.63, 3.8) is 0 Å². The van der Waals surface area contributed by atoms with E-state index >= 15 is 0 Å². The van der Waals surface area contributed by atoms with Gasteiger partial charge >= 0.3 is 0 Å². The average molecular weight is 230 g/mol. The van der Waals surface area contributed by atoms with Crippen molar-refractivity contribution >= 4 is 11.6 Å². The molecule has 2 heterocycles. The van der Waals surface area contributed by atoms with Crippen LogP contribution in [0.4, 0.5) is 0 Å². The number of halogens is 1. The normalized spacial score (nSPS) is 24.1. The minimum absolute atomic E-state index is 0.0784. The van der Waals surface area contributed by atoms with E-state index in [9.17, 15) is 0 Å². The van der Waals surface area contributed by atoms with E-state index in [0.29, 0.717) is 10.9 Å². The van der Waals surface area contributed by atoms with E-state index in [1.165, 1.54) is 0 Å². The summed E-state index contributed by atoms with van der Waals surface area (Å²) in [6.45, 7) is 1.57. The van der Waals surface area contributed by atoms with Gasteiger partial charge in [-0.15, -0.1) is 0 Å². The summed E-state index contributed by atoms with van der Waals surface area (Å²) in [6, 6.07) is -0.0784. The van der Waals surface area contributed by atoms with Gasteiger partial charge in [-0.2, -0.15) is 5.10 Å². The molecule has 2 atom stereocenters. The van der Waals surface area contributed by atoms with Crippen molar-refractivity contribution in [1.29, 1.82) is 0 Å². The van der Waals surface area contributed by atoms with Crippen LogP contribution in [0.2, 0.25) is 5.02 Å². The summed E-state index contributed by atoms with van der Waals surface area (Å²) in [4.78, 5) is 0. The lowest BCUT2D eigenvalue weighted by Gasteiger charge is -2.27. The van der Waals surface area contributed by atoms with E-state index in [4.69, 9.17) is 22.1 Å². The molecule has 2 unspecified atom stereocenters. The average Bonchev–Trinajstić information content (AvgIpc) is 2.59. The lowest BCUT2D eigenvalue weighted by Crippen LogP contribution is -2.30. The third-order valence-corrected chi connectivity index (χ3v) is 3.25. The number of nitrogens with zero attached hydrogens (tertiary/aromatic N) is 2. The summed E-state index contributed by atoms with van der Waals surface area (Å²) in [6.07, 6.45) is 3.82.